The molecular formula is C21H12ClF5N4. The highest BCUT2D eigenvalue weighted by atomic mass is 35.5. The van der Waals surface area contributed by atoms with Crippen LogP contribution in [0, 0.1) is 0 Å². The van der Waals surface area contributed by atoms with Crippen LogP contribution in [0.15, 0.2) is 47.5 Å². The van der Waals surface area contributed by atoms with Gasteiger partial charge in [0.05, 0.1) is 17.1 Å². The van der Waals surface area contributed by atoms with Gasteiger partial charge in [-0.15, -0.1) is 0 Å². The van der Waals surface area contributed by atoms with Crippen LogP contribution in [0.3, 0.4) is 0 Å². The molecule has 0 saturated heterocycles. The van der Waals surface area contributed by atoms with Gasteiger partial charge >= 0.3 is 12.1 Å². The predicted octanol–water partition coefficient (Wildman–Crippen LogP) is 6.63. The molecule has 0 atom stereocenters. The smallest absolute Gasteiger partial charge is 0.275 e. The topological polar surface area (TPSA) is 43.1 Å². The van der Waals surface area contributed by atoms with Gasteiger partial charge in [-0.1, -0.05) is 29.8 Å². The third kappa shape index (κ3) is 3.15. The molecule has 4 nitrogen and oxygen atoms in total. The highest BCUT2D eigenvalue weighted by molar-refractivity contribution is 6.34. The van der Waals surface area contributed by atoms with E-state index in [2.05, 4.69) is 15.0 Å². The Balaban J connectivity index is 1.88. The number of nitrogens with zero attached hydrogens (tertiary/aromatic N) is 4. The molecule has 2 aromatic heterocycles. The normalized spacial score (nSPS) is 15.7. The third-order valence-corrected chi connectivity index (χ3v) is 5.25. The molecule has 0 amide bonds. The second-order valence-corrected chi connectivity index (χ2v) is 7.72. The van der Waals surface area contributed by atoms with Crippen LogP contribution in [0.4, 0.5) is 27.6 Å². The zero-order chi connectivity index (χ0) is 22.1. The van der Waals surface area contributed by atoms with E-state index < -0.39 is 23.6 Å². The summed E-state index contributed by atoms with van der Waals surface area (Å²) in [6, 6.07) is 4.75. The number of alkyl halides is 5. The van der Waals surface area contributed by atoms with Gasteiger partial charge in [0.25, 0.3) is 0 Å². The molecule has 31 heavy (non-hydrogen) atoms. The molecule has 0 unspecified atom stereocenters. The van der Waals surface area contributed by atoms with E-state index in [1.54, 1.807) is 12.1 Å². The van der Waals surface area contributed by atoms with E-state index in [0.29, 0.717) is 30.2 Å². The number of allylic oxidation sites excluding steroid dienone is 4. The molecule has 0 radical (unpaired) electrons. The highest BCUT2D eigenvalue weighted by Gasteiger charge is 2.38. The van der Waals surface area contributed by atoms with Gasteiger partial charge in [0.1, 0.15) is 11.2 Å². The number of aromatic nitrogens is 3. The molecule has 3 heterocycles. The molecule has 1 aliphatic carbocycles. The molecule has 0 spiro atoms. The van der Waals surface area contributed by atoms with E-state index in [1.165, 1.54) is 6.07 Å². The van der Waals surface area contributed by atoms with Crippen LogP contribution >= 0.6 is 11.6 Å². The van der Waals surface area contributed by atoms with Gasteiger partial charge in [0.15, 0.2) is 11.5 Å². The molecular weight excluding hydrogens is 439 g/mol. The van der Waals surface area contributed by atoms with E-state index >= 15 is 0 Å². The van der Waals surface area contributed by atoms with Crippen LogP contribution in [0.2, 0.25) is 5.02 Å². The van der Waals surface area contributed by atoms with Gasteiger partial charge in [-0.05, 0) is 24.3 Å². The van der Waals surface area contributed by atoms with Crippen molar-refractivity contribution in [1.82, 2.24) is 14.5 Å². The van der Waals surface area contributed by atoms with Crippen molar-refractivity contribution in [3.8, 4) is 5.69 Å². The summed E-state index contributed by atoms with van der Waals surface area (Å²) in [4.78, 5) is 12.1. The first-order chi connectivity index (χ1) is 14.5. The minimum absolute atomic E-state index is 0.0880. The maximum Gasteiger partial charge on any atom is 0.433 e. The minimum atomic E-state index is -4.75. The summed E-state index contributed by atoms with van der Waals surface area (Å²) < 4.78 is 69.9. The lowest BCUT2D eigenvalue weighted by atomic mass is 9.96. The van der Waals surface area contributed by atoms with Crippen molar-refractivity contribution in [1.29, 1.82) is 0 Å². The van der Waals surface area contributed by atoms with Crippen molar-refractivity contribution in [2.75, 3.05) is 0 Å². The third-order valence-electron chi connectivity index (χ3n) is 5.04. The zero-order valence-corrected chi connectivity index (χ0v) is 16.6. The summed E-state index contributed by atoms with van der Waals surface area (Å²) in [5, 5.41) is 0.199. The van der Waals surface area contributed by atoms with Crippen molar-refractivity contribution >= 4 is 39.7 Å². The molecule has 158 valence electrons. The van der Waals surface area contributed by atoms with Crippen molar-refractivity contribution in [3.63, 3.8) is 0 Å². The Morgan fingerprint density at radius 3 is 2.55 bits per heavy atom. The fourth-order valence-corrected chi connectivity index (χ4v) is 3.99. The molecule has 1 aromatic carbocycles. The zero-order valence-electron chi connectivity index (χ0n) is 15.8. The maximum absolute atomic E-state index is 14.5. The first-order valence-electron chi connectivity index (χ1n) is 9.18. The summed E-state index contributed by atoms with van der Waals surface area (Å²) in [7, 11) is 0. The molecule has 0 saturated carbocycles. The van der Waals surface area contributed by atoms with E-state index in [0.717, 1.165) is 22.4 Å². The number of pyridine rings is 1. The number of rotatable bonds is 2. The molecule has 10 heteroatoms. The van der Waals surface area contributed by atoms with Crippen LogP contribution in [0.5, 0.6) is 0 Å². The first-order valence-corrected chi connectivity index (χ1v) is 9.56. The molecule has 3 aromatic rings. The SMILES string of the molecule is CC(F)(F)c1nc2ccc(C(F)(F)F)nc2n1-c1cc(Cl)cc2c1C1=CC=CCC1=N2. The summed E-state index contributed by atoms with van der Waals surface area (Å²) in [5.41, 5.74) is 0.879. The Morgan fingerprint density at radius 2 is 1.84 bits per heavy atom. The lowest BCUT2D eigenvalue weighted by Crippen LogP contribution is -2.17. The highest BCUT2D eigenvalue weighted by Crippen LogP contribution is 2.45. The first kappa shape index (κ1) is 19.9. The molecule has 0 fully saturated rings. The van der Waals surface area contributed by atoms with Crippen LogP contribution < -0.4 is 0 Å². The number of imidazole rings is 1. The van der Waals surface area contributed by atoms with Crippen molar-refractivity contribution in [3.05, 3.63) is 64.6 Å². The average Bonchev–Trinajstić information content (AvgIpc) is 3.24. The van der Waals surface area contributed by atoms with E-state index in [9.17, 15) is 22.0 Å². The average molecular weight is 451 g/mol. The molecule has 0 N–H and O–H groups in total. The van der Waals surface area contributed by atoms with Crippen LogP contribution in [0.25, 0.3) is 22.4 Å². The van der Waals surface area contributed by atoms with Crippen LogP contribution in [-0.2, 0) is 12.1 Å². The van der Waals surface area contributed by atoms with Gasteiger partial charge in [-0.25, -0.2) is 9.97 Å². The standard InChI is InChI=1S/C21H12ClF5N4/c1-20(23,24)19-29-13-6-7-16(21(25,26)27)30-18(13)31(19)15-9-10(22)8-14-17(15)11-4-2-3-5-12(11)28-14/h2-4,6-9H,5H2,1H3. The van der Waals surface area contributed by atoms with Gasteiger partial charge in [0.2, 0.25) is 0 Å². The molecule has 1 aliphatic heterocycles. The fraction of sp³-hybridized carbons (Fsp3) is 0.190. The van der Waals surface area contributed by atoms with Gasteiger partial charge in [-0.3, -0.25) is 9.56 Å². The number of benzene rings is 1. The monoisotopic (exact) mass is 450 g/mol. The van der Waals surface area contributed by atoms with Gasteiger partial charge in [0, 0.05) is 29.5 Å². The number of aliphatic imine (C=N–C) groups is 1. The summed E-state index contributed by atoms with van der Waals surface area (Å²) in [6.45, 7) is 0.630. The van der Waals surface area contributed by atoms with Crippen LogP contribution in [0.1, 0.15) is 30.4 Å². The fourth-order valence-electron chi connectivity index (χ4n) is 3.79. The van der Waals surface area contributed by atoms with Gasteiger partial charge in [-0.2, -0.15) is 22.0 Å². The Bertz CT molecular complexity index is 1340. The summed E-state index contributed by atoms with van der Waals surface area (Å²) in [6.07, 6.45) is 1.27. The number of fused-ring (bicyclic) bond motifs is 4. The van der Waals surface area contributed by atoms with Crippen molar-refractivity contribution in [2.45, 2.75) is 25.4 Å². The molecule has 0 bridgehead atoms. The van der Waals surface area contributed by atoms with Crippen molar-refractivity contribution in [2.24, 2.45) is 4.99 Å². The number of halogens is 6. The summed E-state index contributed by atoms with van der Waals surface area (Å²) in [5.74, 6) is -4.20. The Kier molecular flexibility index (Phi) is 4.14. The van der Waals surface area contributed by atoms with Gasteiger partial charge < -0.3 is 0 Å². The van der Waals surface area contributed by atoms with Crippen molar-refractivity contribution < 1.29 is 22.0 Å². The minimum Gasteiger partial charge on any atom is -0.275 e. The largest absolute Gasteiger partial charge is 0.433 e. The number of hydrogen-bond acceptors (Lipinski definition) is 3. The molecule has 2 aliphatic rings. The quantitative estimate of drug-likeness (QED) is 0.411. The Morgan fingerprint density at radius 1 is 1.06 bits per heavy atom. The number of hydrogen-bond donors (Lipinski definition) is 0. The predicted molar refractivity (Wildman–Crippen MR) is 107 cm³/mol. The molecule has 5 rings (SSSR count). The Labute approximate surface area is 177 Å². The summed E-state index contributed by atoms with van der Waals surface area (Å²) >= 11 is 6.24. The Hall–Kier alpha value is -3.07. The lowest BCUT2D eigenvalue weighted by Gasteiger charge is -2.18. The van der Waals surface area contributed by atoms with E-state index in [4.69, 9.17) is 11.6 Å². The second kappa shape index (κ2) is 6.46. The lowest BCUT2D eigenvalue weighted by molar-refractivity contribution is -0.141. The maximum atomic E-state index is 14.5. The second-order valence-electron chi connectivity index (χ2n) is 7.29. The van der Waals surface area contributed by atoms with E-state index in [1.807, 2.05) is 12.2 Å². The van der Waals surface area contributed by atoms with E-state index in [-0.39, 0.29) is 21.9 Å². The van der Waals surface area contributed by atoms with Crippen LogP contribution in [-0.4, -0.2) is 20.2 Å².